The molecule has 0 saturated carbocycles. The van der Waals surface area contributed by atoms with Crippen molar-refractivity contribution in [1.82, 2.24) is 5.48 Å². The van der Waals surface area contributed by atoms with Gasteiger partial charge in [0.15, 0.2) is 0 Å². The first-order valence-corrected chi connectivity index (χ1v) is 3.47. The van der Waals surface area contributed by atoms with Crippen LogP contribution in [0.15, 0.2) is 12.2 Å². The van der Waals surface area contributed by atoms with Gasteiger partial charge in [-0.1, -0.05) is 12.2 Å². The summed E-state index contributed by atoms with van der Waals surface area (Å²) in [6.07, 6.45) is 0. The largest absolute Gasteiger partial charge is 0.370 e. The van der Waals surface area contributed by atoms with Crippen LogP contribution in [0.4, 0.5) is 0 Å². The molecule has 0 heterocycles. The Hall–Kier alpha value is -0.830. The Kier molecular flexibility index (Phi) is 3.26. The second kappa shape index (κ2) is 3.53. The summed E-state index contributed by atoms with van der Waals surface area (Å²) in [5.41, 5.74) is 3.17. The Morgan fingerprint density at radius 3 is 2.18 bits per heavy atom. The first kappa shape index (κ1) is 10.2. The van der Waals surface area contributed by atoms with Gasteiger partial charge in [0.25, 0.3) is 0 Å². The molecule has 0 aliphatic carbocycles. The maximum atomic E-state index is 10.4. The molecule has 0 bridgehead atoms. The molecule has 0 aromatic rings. The molecule has 64 valence electrons. The van der Waals surface area contributed by atoms with E-state index in [4.69, 9.17) is 0 Å². The molecular weight excluding hydrogens is 142 g/mol. The van der Waals surface area contributed by atoms with E-state index in [-0.39, 0.29) is 11.5 Å². The fraction of sp³-hybridized carbons (Fsp3) is 0.625. The molecule has 11 heavy (non-hydrogen) atoms. The molecule has 0 aromatic heterocycles. The van der Waals surface area contributed by atoms with E-state index in [1.165, 1.54) is 6.92 Å². The number of rotatable bonds is 3. The van der Waals surface area contributed by atoms with Crippen molar-refractivity contribution >= 4 is 5.97 Å². The smallest absolute Gasteiger partial charge is 0.321 e. The van der Waals surface area contributed by atoms with Crippen LogP contribution in [0.5, 0.6) is 0 Å². The number of carbonyl (C=O) groups excluding carboxylic acids is 1. The molecule has 0 spiro atoms. The van der Waals surface area contributed by atoms with Gasteiger partial charge in [-0.2, -0.15) is 0 Å². The number of nitrogens with one attached hydrogen (secondary N) is 1. The lowest BCUT2D eigenvalue weighted by atomic mass is 9.99. The molecule has 0 aromatic carbocycles. The third-order valence-electron chi connectivity index (χ3n) is 1.52. The van der Waals surface area contributed by atoms with E-state index in [2.05, 4.69) is 16.9 Å². The zero-order chi connectivity index (χ0) is 9.07. The minimum Gasteiger partial charge on any atom is -0.370 e. The predicted molar refractivity (Wildman–Crippen MR) is 43.8 cm³/mol. The van der Waals surface area contributed by atoms with Crippen molar-refractivity contribution in [2.24, 2.45) is 0 Å². The van der Waals surface area contributed by atoms with Crippen molar-refractivity contribution in [2.45, 2.75) is 33.2 Å². The predicted octanol–water partition coefficient (Wildman–Crippen LogP) is 1.41. The first-order chi connectivity index (χ1) is 4.86. The molecule has 0 fully saturated rings. The van der Waals surface area contributed by atoms with Crippen molar-refractivity contribution in [1.29, 1.82) is 0 Å². The SMILES string of the molecule is C=C(C)C(C)(C)NOC(C)=O. The third-order valence-corrected chi connectivity index (χ3v) is 1.52. The van der Waals surface area contributed by atoms with Crippen molar-refractivity contribution in [2.75, 3.05) is 0 Å². The lowest BCUT2D eigenvalue weighted by molar-refractivity contribution is -0.151. The fourth-order valence-corrected chi connectivity index (χ4v) is 0.287. The zero-order valence-electron chi connectivity index (χ0n) is 7.52. The van der Waals surface area contributed by atoms with E-state index in [0.29, 0.717) is 0 Å². The second-order valence-corrected chi connectivity index (χ2v) is 3.10. The van der Waals surface area contributed by atoms with Crippen LogP contribution in [0.25, 0.3) is 0 Å². The summed E-state index contributed by atoms with van der Waals surface area (Å²) < 4.78 is 0. The number of hydrogen-bond donors (Lipinski definition) is 1. The molecule has 0 saturated heterocycles. The van der Waals surface area contributed by atoms with Crippen LogP contribution in [0.1, 0.15) is 27.7 Å². The Balaban J connectivity index is 3.92. The van der Waals surface area contributed by atoms with Crippen molar-refractivity contribution in [3.05, 3.63) is 12.2 Å². The molecular formula is C8H15NO2. The molecule has 3 nitrogen and oxygen atoms in total. The number of hydrogen-bond acceptors (Lipinski definition) is 3. The molecule has 0 atom stereocenters. The molecule has 0 amide bonds. The quantitative estimate of drug-likeness (QED) is 0.497. The van der Waals surface area contributed by atoms with E-state index in [0.717, 1.165) is 5.57 Å². The lowest BCUT2D eigenvalue weighted by Crippen LogP contribution is -2.40. The Morgan fingerprint density at radius 1 is 1.45 bits per heavy atom. The Labute approximate surface area is 67.4 Å². The first-order valence-electron chi connectivity index (χ1n) is 3.47. The monoisotopic (exact) mass is 157 g/mol. The minimum atomic E-state index is -0.355. The standard InChI is InChI=1S/C8H15NO2/c1-6(2)8(4,5)9-11-7(3)10/h9H,1H2,2-5H3. The van der Waals surface area contributed by atoms with Crippen LogP contribution in [-0.2, 0) is 9.63 Å². The molecule has 1 N–H and O–H groups in total. The molecule has 0 rings (SSSR count). The van der Waals surface area contributed by atoms with Crippen LogP contribution in [0.3, 0.4) is 0 Å². The molecule has 0 aliphatic heterocycles. The Morgan fingerprint density at radius 2 is 1.91 bits per heavy atom. The summed E-state index contributed by atoms with van der Waals surface area (Å²) >= 11 is 0. The number of hydroxylamine groups is 1. The summed E-state index contributed by atoms with van der Waals surface area (Å²) in [6, 6.07) is 0. The van der Waals surface area contributed by atoms with Crippen LogP contribution in [0.2, 0.25) is 0 Å². The average Bonchev–Trinajstić information content (AvgIpc) is 1.84. The fourth-order valence-electron chi connectivity index (χ4n) is 0.287. The van der Waals surface area contributed by atoms with E-state index in [1.807, 2.05) is 20.8 Å². The summed E-state index contributed by atoms with van der Waals surface area (Å²) in [5, 5.41) is 0. The van der Waals surface area contributed by atoms with Gasteiger partial charge in [-0.15, -0.1) is 5.48 Å². The molecule has 0 aliphatic rings. The zero-order valence-corrected chi connectivity index (χ0v) is 7.52. The molecule has 3 heteroatoms. The van der Waals surface area contributed by atoms with Gasteiger partial charge in [0.05, 0.1) is 5.54 Å². The highest BCUT2D eigenvalue weighted by molar-refractivity contribution is 5.65. The van der Waals surface area contributed by atoms with Crippen LogP contribution >= 0.6 is 0 Å². The highest BCUT2D eigenvalue weighted by atomic mass is 16.7. The Bertz CT molecular complexity index is 173. The van der Waals surface area contributed by atoms with Gasteiger partial charge in [-0.25, -0.2) is 0 Å². The highest BCUT2D eigenvalue weighted by Gasteiger charge is 2.19. The van der Waals surface area contributed by atoms with Crippen LogP contribution in [-0.4, -0.2) is 11.5 Å². The van der Waals surface area contributed by atoms with Gasteiger partial charge in [0, 0.05) is 6.92 Å². The van der Waals surface area contributed by atoms with Gasteiger partial charge in [-0.05, 0) is 20.8 Å². The van der Waals surface area contributed by atoms with Crippen molar-refractivity contribution in [3.8, 4) is 0 Å². The van der Waals surface area contributed by atoms with Crippen LogP contribution < -0.4 is 5.48 Å². The second-order valence-electron chi connectivity index (χ2n) is 3.10. The van der Waals surface area contributed by atoms with Gasteiger partial charge in [0.2, 0.25) is 0 Å². The molecule has 0 unspecified atom stereocenters. The van der Waals surface area contributed by atoms with Crippen molar-refractivity contribution < 1.29 is 9.63 Å². The normalized spacial score (nSPS) is 10.9. The summed E-state index contributed by atoms with van der Waals surface area (Å²) in [4.78, 5) is 15.0. The summed E-state index contributed by atoms with van der Waals surface area (Å²) in [6.45, 7) is 10.7. The van der Waals surface area contributed by atoms with Crippen LogP contribution in [0, 0.1) is 0 Å². The van der Waals surface area contributed by atoms with E-state index >= 15 is 0 Å². The third kappa shape index (κ3) is 3.78. The van der Waals surface area contributed by atoms with Gasteiger partial charge in [-0.3, -0.25) is 4.79 Å². The number of carbonyl (C=O) groups is 1. The maximum Gasteiger partial charge on any atom is 0.321 e. The maximum absolute atomic E-state index is 10.4. The van der Waals surface area contributed by atoms with Gasteiger partial charge < -0.3 is 4.84 Å². The van der Waals surface area contributed by atoms with E-state index < -0.39 is 0 Å². The average molecular weight is 157 g/mol. The van der Waals surface area contributed by atoms with Gasteiger partial charge in [0.1, 0.15) is 0 Å². The molecule has 0 radical (unpaired) electrons. The summed E-state index contributed by atoms with van der Waals surface area (Å²) in [7, 11) is 0. The van der Waals surface area contributed by atoms with E-state index in [1.54, 1.807) is 0 Å². The summed E-state index contributed by atoms with van der Waals surface area (Å²) in [5.74, 6) is -0.348. The topological polar surface area (TPSA) is 38.3 Å². The highest BCUT2D eigenvalue weighted by Crippen LogP contribution is 2.11. The van der Waals surface area contributed by atoms with Gasteiger partial charge >= 0.3 is 5.97 Å². The van der Waals surface area contributed by atoms with E-state index in [9.17, 15) is 4.79 Å². The van der Waals surface area contributed by atoms with Crippen molar-refractivity contribution in [3.63, 3.8) is 0 Å². The minimum absolute atomic E-state index is 0.348. The lowest BCUT2D eigenvalue weighted by Gasteiger charge is -2.24.